The summed E-state index contributed by atoms with van der Waals surface area (Å²) in [6.07, 6.45) is 0. The minimum atomic E-state index is -0.464. The molecule has 0 fully saturated rings. The van der Waals surface area contributed by atoms with Crippen LogP contribution >= 0.6 is 0 Å². The zero-order valence-corrected chi connectivity index (χ0v) is 36.6. The Morgan fingerprint density at radius 3 is 1.32 bits per heavy atom. The molecule has 0 saturated carbocycles. The molecule has 308 valence electrons. The Morgan fingerprint density at radius 1 is 0.262 bits per heavy atom. The van der Waals surface area contributed by atoms with E-state index in [0.717, 1.165) is 17.1 Å². The quantitative estimate of drug-likeness (QED) is 0.155. The number of fused-ring (bicyclic) bond motifs is 9. The highest BCUT2D eigenvalue weighted by Crippen LogP contribution is 2.62. The lowest BCUT2D eigenvalue weighted by Crippen LogP contribution is -2.40. The van der Waals surface area contributed by atoms with E-state index in [1.165, 1.54) is 89.0 Å². The van der Waals surface area contributed by atoms with Gasteiger partial charge >= 0.3 is 0 Å². The normalized spacial score (nSPS) is 13.6. The Hall–Kier alpha value is -8.00. The molecule has 0 aliphatic heterocycles. The molecule has 2 aliphatic carbocycles. The molecule has 1 heteroatoms. The van der Waals surface area contributed by atoms with Crippen molar-refractivity contribution in [1.82, 2.24) is 0 Å². The van der Waals surface area contributed by atoms with Crippen molar-refractivity contribution < 1.29 is 0 Å². The van der Waals surface area contributed by atoms with Gasteiger partial charge in [-0.15, -0.1) is 0 Å². The summed E-state index contributed by atoms with van der Waals surface area (Å²) in [6, 6.07) is 92.0. The van der Waals surface area contributed by atoms with E-state index in [1.54, 1.807) is 0 Å². The summed E-state index contributed by atoms with van der Waals surface area (Å²) in [4.78, 5) is 2.46. The van der Waals surface area contributed by atoms with Crippen LogP contribution in [0.5, 0.6) is 0 Å². The first-order chi connectivity index (χ1) is 32.0. The average molecular weight is 830 g/mol. The minimum absolute atomic E-state index is 0.153. The van der Waals surface area contributed by atoms with Crippen LogP contribution < -0.4 is 4.90 Å². The Kier molecular flexibility index (Phi) is 9.14. The number of hydrogen-bond donors (Lipinski definition) is 0. The number of hydrogen-bond acceptors (Lipinski definition) is 1. The highest BCUT2D eigenvalue weighted by atomic mass is 15.1. The summed E-state index contributed by atoms with van der Waals surface area (Å²) in [6.45, 7) is 4.78. The van der Waals surface area contributed by atoms with E-state index in [2.05, 4.69) is 267 Å². The van der Waals surface area contributed by atoms with Gasteiger partial charge < -0.3 is 4.90 Å². The molecule has 0 atom stereocenters. The number of anilines is 3. The third-order valence-electron chi connectivity index (χ3n) is 14.1. The van der Waals surface area contributed by atoms with Gasteiger partial charge in [0.15, 0.2) is 0 Å². The van der Waals surface area contributed by atoms with Gasteiger partial charge in [-0.2, -0.15) is 0 Å². The number of rotatable bonds is 7. The fraction of sp³-hybridized carbons (Fsp3) is 0.0625. The van der Waals surface area contributed by atoms with Gasteiger partial charge in [-0.1, -0.05) is 220 Å². The zero-order valence-electron chi connectivity index (χ0n) is 36.6. The highest BCUT2D eigenvalue weighted by molar-refractivity contribution is 5.94. The van der Waals surface area contributed by atoms with Crippen molar-refractivity contribution >= 4 is 17.1 Å². The van der Waals surface area contributed by atoms with Crippen LogP contribution in [0.4, 0.5) is 17.1 Å². The predicted molar refractivity (Wildman–Crippen MR) is 272 cm³/mol. The standard InChI is InChI=1S/C64H47N/c1-63(2)57-32-15-17-34-59(57)64(60-35-18-16-33-58(60)63)56-31-14-12-30-54(56)55-38-37-48(43-61(55)64)47-27-20-28-51(40-47)65(62-36-19-13-29-53(62)46-25-10-5-11-26-46)52-41-49(44-21-6-3-7-22-44)39-50(42-52)45-23-8-4-9-24-45/h3-43H,1-2H3. The van der Waals surface area contributed by atoms with E-state index in [-0.39, 0.29) is 5.41 Å². The Bertz CT molecular complexity index is 3290. The zero-order chi connectivity index (χ0) is 43.5. The van der Waals surface area contributed by atoms with Crippen molar-refractivity contribution in [1.29, 1.82) is 0 Å². The molecule has 0 bridgehead atoms. The molecule has 0 heterocycles. The summed E-state index contributed by atoms with van der Waals surface area (Å²) >= 11 is 0. The van der Waals surface area contributed by atoms with Crippen LogP contribution in [-0.4, -0.2) is 0 Å². The monoisotopic (exact) mass is 829 g/mol. The molecule has 12 rings (SSSR count). The lowest BCUT2D eigenvalue weighted by atomic mass is 9.55. The maximum atomic E-state index is 2.51. The number of nitrogens with zero attached hydrogens (tertiary/aromatic N) is 1. The summed E-state index contributed by atoms with van der Waals surface area (Å²) in [5, 5.41) is 0. The summed E-state index contributed by atoms with van der Waals surface area (Å²) in [5.74, 6) is 0. The Labute approximate surface area is 382 Å². The topological polar surface area (TPSA) is 3.24 Å². The van der Waals surface area contributed by atoms with Crippen molar-refractivity contribution in [3.63, 3.8) is 0 Å². The van der Waals surface area contributed by atoms with E-state index in [1.807, 2.05) is 0 Å². The van der Waals surface area contributed by atoms with Crippen LogP contribution in [0.1, 0.15) is 47.2 Å². The molecule has 0 unspecified atom stereocenters. The predicted octanol–water partition coefficient (Wildman–Crippen LogP) is 16.8. The van der Waals surface area contributed by atoms with Gasteiger partial charge in [-0.05, 0) is 126 Å². The molecule has 0 radical (unpaired) electrons. The third-order valence-corrected chi connectivity index (χ3v) is 14.1. The van der Waals surface area contributed by atoms with Gasteiger partial charge in [0.25, 0.3) is 0 Å². The molecule has 1 nitrogen and oxygen atoms in total. The second-order valence-electron chi connectivity index (χ2n) is 18.0. The lowest BCUT2D eigenvalue weighted by Gasteiger charge is -2.46. The molecular weight excluding hydrogens is 783 g/mol. The van der Waals surface area contributed by atoms with Gasteiger partial charge in [-0.25, -0.2) is 0 Å². The summed E-state index contributed by atoms with van der Waals surface area (Å²) in [5.41, 5.74) is 22.9. The second kappa shape index (κ2) is 15.4. The van der Waals surface area contributed by atoms with E-state index >= 15 is 0 Å². The van der Waals surface area contributed by atoms with Crippen LogP contribution in [0.15, 0.2) is 249 Å². The van der Waals surface area contributed by atoms with Crippen molar-refractivity contribution in [3.8, 4) is 55.6 Å². The molecule has 10 aromatic rings. The third kappa shape index (κ3) is 6.15. The fourth-order valence-corrected chi connectivity index (χ4v) is 11.2. The van der Waals surface area contributed by atoms with Crippen LogP contribution in [0.3, 0.4) is 0 Å². The maximum absolute atomic E-state index is 2.51. The van der Waals surface area contributed by atoms with Crippen molar-refractivity contribution in [2.24, 2.45) is 0 Å². The lowest BCUT2D eigenvalue weighted by molar-refractivity contribution is 0.563. The number of para-hydroxylation sites is 1. The van der Waals surface area contributed by atoms with E-state index < -0.39 is 5.41 Å². The molecule has 0 N–H and O–H groups in total. The van der Waals surface area contributed by atoms with E-state index in [4.69, 9.17) is 0 Å². The first kappa shape index (κ1) is 38.7. The number of benzene rings is 10. The van der Waals surface area contributed by atoms with Gasteiger partial charge in [0.1, 0.15) is 0 Å². The molecule has 65 heavy (non-hydrogen) atoms. The molecule has 2 aliphatic rings. The molecule has 0 aromatic heterocycles. The van der Waals surface area contributed by atoms with Crippen molar-refractivity contribution in [2.45, 2.75) is 24.7 Å². The Morgan fingerprint density at radius 2 is 0.708 bits per heavy atom. The molecule has 10 aromatic carbocycles. The van der Waals surface area contributed by atoms with Gasteiger partial charge in [0.05, 0.1) is 11.1 Å². The average Bonchev–Trinajstić information content (AvgIpc) is 3.67. The minimum Gasteiger partial charge on any atom is -0.310 e. The first-order valence-corrected chi connectivity index (χ1v) is 22.8. The van der Waals surface area contributed by atoms with Crippen LogP contribution in [0.2, 0.25) is 0 Å². The van der Waals surface area contributed by atoms with Gasteiger partial charge in [-0.3, -0.25) is 0 Å². The molecular formula is C64H47N. The Balaban J connectivity index is 1.08. The molecule has 0 amide bonds. The van der Waals surface area contributed by atoms with Crippen LogP contribution in [0, 0.1) is 0 Å². The van der Waals surface area contributed by atoms with Crippen molar-refractivity contribution in [2.75, 3.05) is 4.90 Å². The highest BCUT2D eigenvalue weighted by Gasteiger charge is 2.53. The first-order valence-electron chi connectivity index (χ1n) is 22.8. The van der Waals surface area contributed by atoms with Crippen molar-refractivity contribution in [3.05, 3.63) is 282 Å². The molecule has 0 saturated heterocycles. The largest absolute Gasteiger partial charge is 0.310 e. The van der Waals surface area contributed by atoms with E-state index in [0.29, 0.717) is 0 Å². The van der Waals surface area contributed by atoms with E-state index in [9.17, 15) is 0 Å². The van der Waals surface area contributed by atoms with Crippen LogP contribution in [-0.2, 0) is 10.8 Å². The van der Waals surface area contributed by atoms with Gasteiger partial charge in [0.2, 0.25) is 0 Å². The van der Waals surface area contributed by atoms with Gasteiger partial charge in [0, 0.05) is 22.4 Å². The summed E-state index contributed by atoms with van der Waals surface area (Å²) in [7, 11) is 0. The van der Waals surface area contributed by atoms with Crippen LogP contribution in [0.25, 0.3) is 55.6 Å². The SMILES string of the molecule is CC1(C)c2ccccc2C2(c3ccccc3-c3ccc(-c4cccc(N(c5cc(-c6ccccc6)cc(-c6ccccc6)c5)c5ccccc5-c5ccccc5)c4)cc32)c2ccccc21. The summed E-state index contributed by atoms with van der Waals surface area (Å²) < 4.78 is 0. The second-order valence-corrected chi connectivity index (χ2v) is 18.0. The smallest absolute Gasteiger partial charge is 0.0719 e. The maximum Gasteiger partial charge on any atom is 0.0719 e. The molecule has 1 spiro atoms. The fourth-order valence-electron chi connectivity index (χ4n) is 11.2.